The molecule has 0 bridgehead atoms. The van der Waals surface area contributed by atoms with E-state index in [1.807, 2.05) is 72.5 Å². The SMILES string of the molecule is Cc1ccccc1NC(=O)c1cc2ccccc2cc1OCC(=O)N1C(C)CCCC1C. The standard InChI is InChI=1S/C27H30N2O3/c1-18-9-4-7-14-24(18)28-27(31)23-15-21-12-5-6-13-22(21)16-25(23)32-17-26(30)29-19(2)10-8-11-20(29)3/h4-7,9,12-16,19-20H,8,10-11,17H2,1-3H3,(H,28,31). The second kappa shape index (κ2) is 9.43. The van der Waals surface area contributed by atoms with E-state index in [4.69, 9.17) is 4.74 Å². The van der Waals surface area contributed by atoms with Gasteiger partial charge in [-0.1, -0.05) is 42.5 Å². The van der Waals surface area contributed by atoms with Crippen molar-refractivity contribution in [3.8, 4) is 5.75 Å². The van der Waals surface area contributed by atoms with Crippen molar-refractivity contribution < 1.29 is 14.3 Å². The number of amides is 2. The van der Waals surface area contributed by atoms with Crippen LogP contribution in [0.2, 0.25) is 0 Å². The summed E-state index contributed by atoms with van der Waals surface area (Å²) in [6.07, 6.45) is 3.16. The molecule has 2 amide bonds. The molecule has 0 spiro atoms. The fourth-order valence-corrected chi connectivity index (χ4v) is 4.55. The summed E-state index contributed by atoms with van der Waals surface area (Å²) in [4.78, 5) is 28.1. The average molecular weight is 431 g/mol. The van der Waals surface area contributed by atoms with E-state index in [1.165, 1.54) is 0 Å². The number of piperidine rings is 1. The van der Waals surface area contributed by atoms with E-state index in [2.05, 4.69) is 19.2 Å². The Hall–Kier alpha value is -3.34. The summed E-state index contributed by atoms with van der Waals surface area (Å²) in [5, 5.41) is 4.89. The van der Waals surface area contributed by atoms with Crippen LogP contribution in [0.25, 0.3) is 10.8 Å². The molecular weight excluding hydrogens is 400 g/mol. The lowest BCUT2D eigenvalue weighted by molar-refractivity contribution is -0.139. The van der Waals surface area contributed by atoms with Crippen molar-refractivity contribution in [3.05, 3.63) is 71.8 Å². The van der Waals surface area contributed by atoms with Crippen molar-refractivity contribution >= 4 is 28.3 Å². The van der Waals surface area contributed by atoms with Crippen LogP contribution in [-0.2, 0) is 4.79 Å². The summed E-state index contributed by atoms with van der Waals surface area (Å²) in [6, 6.07) is 19.6. The first-order valence-electron chi connectivity index (χ1n) is 11.3. The van der Waals surface area contributed by atoms with Crippen LogP contribution in [0.1, 0.15) is 49.0 Å². The first-order valence-corrected chi connectivity index (χ1v) is 11.3. The third-order valence-corrected chi connectivity index (χ3v) is 6.32. The van der Waals surface area contributed by atoms with E-state index in [-0.39, 0.29) is 30.5 Å². The molecule has 4 rings (SSSR count). The molecule has 0 saturated carbocycles. The Bertz CT molecular complexity index is 1130. The number of likely N-dealkylation sites (tertiary alicyclic amines) is 1. The Morgan fingerprint density at radius 3 is 2.28 bits per heavy atom. The van der Waals surface area contributed by atoms with Gasteiger partial charge in [0.05, 0.1) is 5.56 Å². The van der Waals surface area contributed by atoms with E-state index in [0.717, 1.165) is 41.3 Å². The molecule has 1 fully saturated rings. The van der Waals surface area contributed by atoms with Crippen LogP contribution in [0.4, 0.5) is 5.69 Å². The first-order chi connectivity index (χ1) is 15.4. The number of nitrogens with one attached hydrogen (secondary N) is 1. The number of para-hydroxylation sites is 1. The minimum absolute atomic E-state index is 0.0388. The number of hydrogen-bond acceptors (Lipinski definition) is 3. The summed E-state index contributed by atoms with van der Waals surface area (Å²) in [5.41, 5.74) is 2.15. The molecule has 5 nitrogen and oxygen atoms in total. The van der Waals surface area contributed by atoms with Gasteiger partial charge in [-0.15, -0.1) is 0 Å². The molecule has 0 aromatic heterocycles. The molecule has 3 aromatic rings. The lowest BCUT2D eigenvalue weighted by Crippen LogP contribution is -2.49. The van der Waals surface area contributed by atoms with Crippen molar-refractivity contribution in [2.24, 2.45) is 0 Å². The van der Waals surface area contributed by atoms with Crippen LogP contribution < -0.4 is 10.1 Å². The van der Waals surface area contributed by atoms with Gasteiger partial charge in [0.25, 0.3) is 11.8 Å². The maximum Gasteiger partial charge on any atom is 0.260 e. The second-order valence-electron chi connectivity index (χ2n) is 8.68. The van der Waals surface area contributed by atoms with Gasteiger partial charge in [0.1, 0.15) is 5.75 Å². The van der Waals surface area contributed by atoms with Crippen molar-refractivity contribution in [2.45, 2.75) is 52.1 Å². The molecule has 1 heterocycles. The van der Waals surface area contributed by atoms with Crippen LogP contribution in [0.15, 0.2) is 60.7 Å². The minimum atomic E-state index is -0.257. The zero-order valence-corrected chi connectivity index (χ0v) is 18.9. The number of anilines is 1. The molecule has 3 aromatic carbocycles. The van der Waals surface area contributed by atoms with Crippen LogP contribution in [0.5, 0.6) is 5.75 Å². The molecule has 5 heteroatoms. The molecule has 0 radical (unpaired) electrons. The maximum atomic E-state index is 13.2. The largest absolute Gasteiger partial charge is 0.483 e. The maximum absolute atomic E-state index is 13.2. The zero-order valence-electron chi connectivity index (χ0n) is 18.9. The van der Waals surface area contributed by atoms with Crippen molar-refractivity contribution in [1.29, 1.82) is 0 Å². The van der Waals surface area contributed by atoms with Gasteiger partial charge in [0.2, 0.25) is 0 Å². The number of aryl methyl sites for hydroxylation is 1. The molecule has 1 N–H and O–H groups in total. The predicted octanol–water partition coefficient (Wildman–Crippen LogP) is 5.57. The molecule has 1 aliphatic rings. The van der Waals surface area contributed by atoms with E-state index in [9.17, 15) is 9.59 Å². The Balaban J connectivity index is 1.60. The summed E-state index contributed by atoms with van der Waals surface area (Å²) in [6.45, 7) is 6.04. The molecule has 1 aliphatic heterocycles. The highest BCUT2D eigenvalue weighted by Crippen LogP contribution is 2.28. The van der Waals surface area contributed by atoms with Gasteiger partial charge in [-0.25, -0.2) is 0 Å². The minimum Gasteiger partial charge on any atom is -0.483 e. The fourth-order valence-electron chi connectivity index (χ4n) is 4.55. The number of carbonyl (C=O) groups excluding carboxylic acids is 2. The third kappa shape index (κ3) is 4.62. The lowest BCUT2D eigenvalue weighted by Gasteiger charge is -2.39. The Morgan fingerprint density at radius 2 is 1.59 bits per heavy atom. The number of fused-ring (bicyclic) bond motifs is 1. The van der Waals surface area contributed by atoms with Gasteiger partial charge in [0.15, 0.2) is 6.61 Å². The Kier molecular flexibility index (Phi) is 6.45. The van der Waals surface area contributed by atoms with Crippen molar-refractivity contribution in [1.82, 2.24) is 4.90 Å². The van der Waals surface area contributed by atoms with E-state index in [0.29, 0.717) is 11.3 Å². The van der Waals surface area contributed by atoms with Crippen LogP contribution in [-0.4, -0.2) is 35.4 Å². The van der Waals surface area contributed by atoms with E-state index >= 15 is 0 Å². The number of ether oxygens (including phenoxy) is 1. The highest BCUT2D eigenvalue weighted by molar-refractivity contribution is 6.09. The molecule has 0 aliphatic carbocycles. The Morgan fingerprint density at radius 1 is 0.969 bits per heavy atom. The topological polar surface area (TPSA) is 58.6 Å². The Labute approximate surface area is 189 Å². The van der Waals surface area contributed by atoms with Gasteiger partial charge in [-0.2, -0.15) is 0 Å². The molecule has 166 valence electrons. The number of carbonyl (C=O) groups is 2. The van der Waals surface area contributed by atoms with Crippen molar-refractivity contribution in [2.75, 3.05) is 11.9 Å². The molecule has 1 saturated heterocycles. The molecule has 2 unspecified atom stereocenters. The lowest BCUT2D eigenvalue weighted by atomic mass is 9.97. The van der Waals surface area contributed by atoms with Crippen LogP contribution in [0, 0.1) is 6.92 Å². The van der Waals surface area contributed by atoms with Gasteiger partial charge >= 0.3 is 0 Å². The predicted molar refractivity (Wildman–Crippen MR) is 128 cm³/mol. The van der Waals surface area contributed by atoms with Gasteiger partial charge in [0, 0.05) is 17.8 Å². The monoisotopic (exact) mass is 430 g/mol. The normalized spacial score (nSPS) is 18.4. The summed E-state index contributed by atoms with van der Waals surface area (Å²) in [5.74, 6) is 0.121. The first kappa shape index (κ1) is 21.9. The number of benzene rings is 3. The zero-order chi connectivity index (χ0) is 22.7. The van der Waals surface area contributed by atoms with E-state index < -0.39 is 0 Å². The van der Waals surface area contributed by atoms with Gasteiger partial charge in [-0.3, -0.25) is 9.59 Å². The number of rotatable bonds is 5. The third-order valence-electron chi connectivity index (χ3n) is 6.32. The quantitative estimate of drug-likeness (QED) is 0.576. The average Bonchev–Trinajstić information content (AvgIpc) is 2.78. The fraction of sp³-hybridized carbons (Fsp3) is 0.333. The second-order valence-corrected chi connectivity index (χ2v) is 8.68. The van der Waals surface area contributed by atoms with Gasteiger partial charge in [-0.05, 0) is 74.6 Å². The van der Waals surface area contributed by atoms with Gasteiger partial charge < -0.3 is 15.0 Å². The smallest absolute Gasteiger partial charge is 0.260 e. The summed E-state index contributed by atoms with van der Waals surface area (Å²) in [7, 11) is 0. The molecular formula is C27H30N2O3. The highest BCUT2D eigenvalue weighted by Gasteiger charge is 2.29. The summed E-state index contributed by atoms with van der Waals surface area (Å²) >= 11 is 0. The molecule has 32 heavy (non-hydrogen) atoms. The molecule has 2 atom stereocenters. The number of hydrogen-bond donors (Lipinski definition) is 1. The van der Waals surface area contributed by atoms with Crippen LogP contribution in [0.3, 0.4) is 0 Å². The summed E-state index contributed by atoms with van der Waals surface area (Å²) < 4.78 is 5.99. The van der Waals surface area contributed by atoms with E-state index in [1.54, 1.807) is 0 Å². The number of nitrogens with zero attached hydrogens (tertiary/aromatic N) is 1. The van der Waals surface area contributed by atoms with Crippen LogP contribution >= 0.6 is 0 Å². The van der Waals surface area contributed by atoms with Crippen molar-refractivity contribution in [3.63, 3.8) is 0 Å². The highest BCUT2D eigenvalue weighted by atomic mass is 16.5.